The molecule has 1 rings (SSSR count). The molecule has 0 amide bonds. The number of phenols is 1. The lowest BCUT2D eigenvalue weighted by molar-refractivity contribution is 0.136. The third kappa shape index (κ3) is 5.40. The largest absolute Gasteiger partial charge is 0.508 e. The van der Waals surface area contributed by atoms with E-state index in [0.717, 1.165) is 32.7 Å². The molecule has 0 heterocycles. The van der Waals surface area contributed by atoms with Crippen LogP contribution in [-0.4, -0.2) is 24.9 Å². The molecule has 0 unspecified atom stereocenters. The Labute approximate surface area is 91.1 Å². The summed E-state index contributed by atoms with van der Waals surface area (Å²) in [6.07, 6.45) is 1.07. The maximum Gasteiger partial charge on any atom is 0.115 e. The first-order valence-electron chi connectivity index (χ1n) is 5.39. The molecule has 2 N–H and O–H groups in total. The summed E-state index contributed by atoms with van der Waals surface area (Å²) in [6.45, 7) is 5.37. The van der Waals surface area contributed by atoms with Crippen LogP contribution >= 0.6 is 0 Å². The number of aromatic hydroxyl groups is 1. The van der Waals surface area contributed by atoms with Gasteiger partial charge >= 0.3 is 0 Å². The van der Waals surface area contributed by atoms with Crippen LogP contribution in [0.15, 0.2) is 24.3 Å². The van der Waals surface area contributed by atoms with Crippen molar-refractivity contribution in [3.8, 4) is 5.75 Å². The fourth-order valence-electron chi connectivity index (χ4n) is 1.24. The van der Waals surface area contributed by atoms with Crippen molar-refractivity contribution in [3.63, 3.8) is 0 Å². The van der Waals surface area contributed by atoms with E-state index in [1.165, 1.54) is 5.56 Å². The highest BCUT2D eigenvalue weighted by Gasteiger charge is 1.92. The summed E-state index contributed by atoms with van der Waals surface area (Å²) >= 11 is 0. The molecule has 0 fully saturated rings. The van der Waals surface area contributed by atoms with Crippen molar-refractivity contribution in [1.82, 2.24) is 5.32 Å². The number of hydrogen-bond acceptors (Lipinski definition) is 3. The Balaban J connectivity index is 2.07. The second-order valence-corrected chi connectivity index (χ2v) is 3.46. The highest BCUT2D eigenvalue weighted by Crippen LogP contribution is 2.08. The second kappa shape index (κ2) is 7.26. The molecule has 0 aliphatic carbocycles. The highest BCUT2D eigenvalue weighted by atomic mass is 16.5. The molecule has 1 aromatic carbocycles. The van der Waals surface area contributed by atoms with E-state index in [1.807, 2.05) is 12.1 Å². The molecule has 0 saturated heterocycles. The minimum absolute atomic E-state index is 0.310. The molecule has 0 aliphatic rings. The predicted molar refractivity (Wildman–Crippen MR) is 60.9 cm³/mol. The van der Waals surface area contributed by atoms with Crippen LogP contribution in [0.1, 0.15) is 18.9 Å². The summed E-state index contributed by atoms with van der Waals surface area (Å²) in [5, 5.41) is 12.4. The van der Waals surface area contributed by atoms with Gasteiger partial charge in [-0.2, -0.15) is 0 Å². The number of benzene rings is 1. The van der Waals surface area contributed by atoms with Crippen LogP contribution < -0.4 is 5.32 Å². The molecule has 0 aromatic heterocycles. The summed E-state index contributed by atoms with van der Waals surface area (Å²) in [5.41, 5.74) is 1.17. The second-order valence-electron chi connectivity index (χ2n) is 3.46. The number of nitrogens with one attached hydrogen (secondary N) is 1. The monoisotopic (exact) mass is 209 g/mol. The van der Waals surface area contributed by atoms with Gasteiger partial charge in [-0.1, -0.05) is 19.1 Å². The average molecular weight is 209 g/mol. The molecule has 3 heteroatoms. The third-order valence-corrected chi connectivity index (χ3v) is 2.04. The molecule has 0 spiro atoms. The van der Waals surface area contributed by atoms with Crippen molar-refractivity contribution in [2.24, 2.45) is 0 Å². The van der Waals surface area contributed by atoms with Gasteiger partial charge < -0.3 is 15.2 Å². The molecular formula is C12H19NO2. The molecule has 3 nitrogen and oxygen atoms in total. The van der Waals surface area contributed by atoms with Gasteiger partial charge in [0, 0.05) is 19.7 Å². The minimum Gasteiger partial charge on any atom is -0.508 e. The Hall–Kier alpha value is -1.06. The van der Waals surface area contributed by atoms with Crippen molar-refractivity contribution in [2.45, 2.75) is 19.9 Å². The lowest BCUT2D eigenvalue weighted by Crippen LogP contribution is -2.19. The minimum atomic E-state index is 0.310. The van der Waals surface area contributed by atoms with Crippen LogP contribution in [0.4, 0.5) is 0 Å². The highest BCUT2D eigenvalue weighted by molar-refractivity contribution is 5.25. The Morgan fingerprint density at radius 3 is 2.60 bits per heavy atom. The Bertz CT molecular complexity index is 259. The smallest absolute Gasteiger partial charge is 0.115 e. The molecular weight excluding hydrogens is 190 g/mol. The maximum atomic E-state index is 9.08. The Morgan fingerprint density at radius 2 is 1.93 bits per heavy atom. The number of hydrogen-bond donors (Lipinski definition) is 2. The van der Waals surface area contributed by atoms with E-state index in [1.54, 1.807) is 12.1 Å². The summed E-state index contributed by atoms with van der Waals surface area (Å²) < 4.78 is 5.34. The van der Waals surface area contributed by atoms with Crippen molar-refractivity contribution in [3.05, 3.63) is 29.8 Å². The fourth-order valence-corrected chi connectivity index (χ4v) is 1.24. The van der Waals surface area contributed by atoms with Gasteiger partial charge in [-0.05, 0) is 24.1 Å². The van der Waals surface area contributed by atoms with Crippen LogP contribution in [0, 0.1) is 0 Å². The fraction of sp³-hybridized carbons (Fsp3) is 0.500. The van der Waals surface area contributed by atoms with Crippen LogP contribution in [0.2, 0.25) is 0 Å². The van der Waals surface area contributed by atoms with E-state index in [-0.39, 0.29) is 0 Å². The van der Waals surface area contributed by atoms with Gasteiger partial charge in [0.2, 0.25) is 0 Å². The van der Waals surface area contributed by atoms with Gasteiger partial charge in [0.25, 0.3) is 0 Å². The molecule has 0 aliphatic heterocycles. The summed E-state index contributed by atoms with van der Waals surface area (Å²) in [7, 11) is 0. The first-order chi connectivity index (χ1) is 7.33. The predicted octanol–water partition coefficient (Wildman–Crippen LogP) is 1.91. The van der Waals surface area contributed by atoms with E-state index in [4.69, 9.17) is 9.84 Å². The zero-order chi connectivity index (χ0) is 10.9. The van der Waals surface area contributed by atoms with Gasteiger partial charge in [0.1, 0.15) is 5.75 Å². The molecule has 0 atom stereocenters. The van der Waals surface area contributed by atoms with Gasteiger partial charge in [0.05, 0.1) is 6.61 Å². The number of ether oxygens (including phenoxy) is 1. The van der Waals surface area contributed by atoms with Crippen molar-refractivity contribution >= 4 is 0 Å². The topological polar surface area (TPSA) is 41.5 Å². The number of rotatable bonds is 7. The van der Waals surface area contributed by atoms with Gasteiger partial charge in [-0.15, -0.1) is 0 Å². The van der Waals surface area contributed by atoms with E-state index < -0.39 is 0 Å². The summed E-state index contributed by atoms with van der Waals surface area (Å²) in [5.74, 6) is 0.310. The lowest BCUT2D eigenvalue weighted by Gasteiger charge is -2.05. The summed E-state index contributed by atoms with van der Waals surface area (Å²) in [4.78, 5) is 0. The number of phenolic OH excluding ortho intramolecular Hbond substituents is 1. The Kier molecular flexibility index (Phi) is 5.81. The third-order valence-electron chi connectivity index (χ3n) is 2.04. The van der Waals surface area contributed by atoms with E-state index >= 15 is 0 Å². The molecule has 0 saturated carbocycles. The molecule has 84 valence electrons. The first-order valence-corrected chi connectivity index (χ1v) is 5.39. The van der Waals surface area contributed by atoms with Crippen LogP contribution in [0.5, 0.6) is 5.75 Å². The van der Waals surface area contributed by atoms with E-state index in [0.29, 0.717) is 5.75 Å². The zero-order valence-electron chi connectivity index (χ0n) is 9.20. The molecule has 1 aromatic rings. The lowest BCUT2D eigenvalue weighted by atomic mass is 10.2. The average Bonchev–Trinajstić information content (AvgIpc) is 2.26. The van der Waals surface area contributed by atoms with E-state index in [9.17, 15) is 0 Å². The van der Waals surface area contributed by atoms with Crippen LogP contribution in [0.25, 0.3) is 0 Å². The SMILES string of the molecule is CCCOCCNCc1ccc(O)cc1. The Morgan fingerprint density at radius 1 is 1.20 bits per heavy atom. The van der Waals surface area contributed by atoms with Crippen LogP contribution in [0.3, 0.4) is 0 Å². The van der Waals surface area contributed by atoms with Crippen molar-refractivity contribution in [2.75, 3.05) is 19.8 Å². The van der Waals surface area contributed by atoms with Gasteiger partial charge in [0.15, 0.2) is 0 Å². The molecule has 0 bridgehead atoms. The zero-order valence-corrected chi connectivity index (χ0v) is 9.20. The molecule has 0 radical (unpaired) electrons. The molecule has 15 heavy (non-hydrogen) atoms. The van der Waals surface area contributed by atoms with E-state index in [2.05, 4.69) is 12.2 Å². The first kappa shape index (κ1) is 12.0. The van der Waals surface area contributed by atoms with Crippen molar-refractivity contribution < 1.29 is 9.84 Å². The van der Waals surface area contributed by atoms with Crippen molar-refractivity contribution in [1.29, 1.82) is 0 Å². The standard InChI is InChI=1S/C12H19NO2/c1-2-8-15-9-7-13-10-11-3-5-12(14)6-4-11/h3-6,13-14H,2,7-10H2,1H3. The normalized spacial score (nSPS) is 10.5. The van der Waals surface area contributed by atoms with Gasteiger partial charge in [-0.25, -0.2) is 0 Å². The maximum absolute atomic E-state index is 9.08. The van der Waals surface area contributed by atoms with Crippen LogP contribution in [-0.2, 0) is 11.3 Å². The quantitative estimate of drug-likeness (QED) is 0.674. The summed E-state index contributed by atoms with van der Waals surface area (Å²) in [6, 6.07) is 7.22. The van der Waals surface area contributed by atoms with Gasteiger partial charge in [-0.3, -0.25) is 0 Å².